The number of carbonyl (C=O) groups excluding carboxylic acids is 1. The first-order valence-corrected chi connectivity index (χ1v) is 9.10. The zero-order chi connectivity index (χ0) is 15.0. The molecule has 2 atom stereocenters. The lowest BCUT2D eigenvalue weighted by atomic mass is 9.89. The number of sulfone groups is 1. The number of nitrogens with zero attached hydrogens (tertiary/aromatic N) is 1. The number of hydrogen-bond donors (Lipinski definition) is 1. The van der Waals surface area contributed by atoms with Gasteiger partial charge in [-0.2, -0.15) is 0 Å². The fourth-order valence-corrected chi connectivity index (χ4v) is 5.01. The van der Waals surface area contributed by atoms with Crippen LogP contribution in [0.2, 0.25) is 0 Å². The third-order valence-corrected chi connectivity index (χ3v) is 6.24. The molecule has 0 bridgehead atoms. The number of para-hydroxylation sites is 1. The molecule has 2 heterocycles. The maximum absolute atomic E-state index is 12.8. The number of likely N-dealkylation sites (N-methyl/N-ethyl adjacent to an activating group) is 1. The Morgan fingerprint density at radius 1 is 1.29 bits per heavy atom. The fourth-order valence-electron chi connectivity index (χ4n) is 3.23. The number of carbonyl (C=O) groups is 1. The lowest BCUT2D eigenvalue weighted by Crippen LogP contribution is -2.42. The summed E-state index contributed by atoms with van der Waals surface area (Å²) in [5.74, 6) is 0.154. The fraction of sp³-hybridized carbons (Fsp3) is 0.533. The van der Waals surface area contributed by atoms with Crippen LogP contribution in [0, 0.1) is 0 Å². The van der Waals surface area contributed by atoms with Gasteiger partial charge in [-0.1, -0.05) is 18.2 Å². The van der Waals surface area contributed by atoms with Gasteiger partial charge in [0, 0.05) is 25.3 Å². The highest BCUT2D eigenvalue weighted by Crippen LogP contribution is 2.33. The molecule has 2 unspecified atom stereocenters. The normalized spacial score (nSPS) is 26.7. The molecule has 0 aliphatic carbocycles. The number of anilines is 1. The van der Waals surface area contributed by atoms with E-state index in [1.54, 1.807) is 11.9 Å². The van der Waals surface area contributed by atoms with E-state index in [0.29, 0.717) is 6.42 Å². The van der Waals surface area contributed by atoms with E-state index in [0.717, 1.165) is 24.2 Å². The molecule has 21 heavy (non-hydrogen) atoms. The minimum atomic E-state index is -2.97. The largest absolute Gasteiger partial charge is 0.385 e. The van der Waals surface area contributed by atoms with Gasteiger partial charge < -0.3 is 10.2 Å². The zero-order valence-electron chi connectivity index (χ0n) is 12.1. The first kappa shape index (κ1) is 14.4. The summed E-state index contributed by atoms with van der Waals surface area (Å²) in [6, 6.07) is 7.67. The van der Waals surface area contributed by atoms with Crippen LogP contribution in [0.25, 0.3) is 0 Å². The number of amides is 1. The Kier molecular flexibility index (Phi) is 3.65. The second-order valence-corrected chi connectivity index (χ2v) is 8.09. The van der Waals surface area contributed by atoms with E-state index in [1.807, 2.05) is 24.3 Å². The van der Waals surface area contributed by atoms with E-state index in [2.05, 4.69) is 5.32 Å². The van der Waals surface area contributed by atoms with E-state index in [1.165, 1.54) is 0 Å². The van der Waals surface area contributed by atoms with Gasteiger partial charge in [-0.05, 0) is 24.5 Å². The molecular formula is C15H20N2O3S. The van der Waals surface area contributed by atoms with Crippen LogP contribution < -0.4 is 5.32 Å². The van der Waals surface area contributed by atoms with Crippen molar-refractivity contribution >= 4 is 21.4 Å². The lowest BCUT2D eigenvalue weighted by Gasteiger charge is -2.32. The maximum atomic E-state index is 12.8. The molecule has 2 aliphatic heterocycles. The zero-order valence-corrected chi connectivity index (χ0v) is 12.9. The third-order valence-electron chi connectivity index (χ3n) is 4.49. The molecule has 3 rings (SSSR count). The third kappa shape index (κ3) is 2.77. The Morgan fingerprint density at radius 3 is 2.76 bits per heavy atom. The van der Waals surface area contributed by atoms with Crippen molar-refractivity contribution < 1.29 is 13.2 Å². The summed E-state index contributed by atoms with van der Waals surface area (Å²) >= 11 is 0. The highest BCUT2D eigenvalue weighted by atomic mass is 32.2. The molecule has 2 aliphatic rings. The van der Waals surface area contributed by atoms with Crippen molar-refractivity contribution in [3.8, 4) is 0 Å². The van der Waals surface area contributed by atoms with E-state index in [4.69, 9.17) is 0 Å². The van der Waals surface area contributed by atoms with Crippen LogP contribution >= 0.6 is 0 Å². The van der Waals surface area contributed by atoms with Crippen molar-refractivity contribution in [2.24, 2.45) is 0 Å². The van der Waals surface area contributed by atoms with Crippen LogP contribution in [0.1, 0.15) is 24.3 Å². The standard InChI is InChI=1S/C15H20N2O3S/c1-17(11-7-9-21(19,20)10-11)15(18)13-6-8-16-14-5-3-2-4-12(13)14/h2-5,11,13,16H,6-10H2,1H3. The van der Waals surface area contributed by atoms with Crippen LogP contribution in [-0.2, 0) is 14.6 Å². The van der Waals surface area contributed by atoms with Crippen molar-refractivity contribution in [2.45, 2.75) is 24.8 Å². The molecule has 5 nitrogen and oxygen atoms in total. The van der Waals surface area contributed by atoms with Gasteiger partial charge in [0.05, 0.1) is 17.4 Å². The van der Waals surface area contributed by atoms with Gasteiger partial charge in [0.2, 0.25) is 5.91 Å². The van der Waals surface area contributed by atoms with Gasteiger partial charge in [0.15, 0.2) is 9.84 Å². The molecule has 1 amide bonds. The van der Waals surface area contributed by atoms with Gasteiger partial charge in [-0.25, -0.2) is 8.42 Å². The van der Waals surface area contributed by atoms with Gasteiger partial charge in [-0.15, -0.1) is 0 Å². The van der Waals surface area contributed by atoms with Crippen LogP contribution in [0.4, 0.5) is 5.69 Å². The van der Waals surface area contributed by atoms with Crippen LogP contribution in [0.5, 0.6) is 0 Å². The molecule has 0 radical (unpaired) electrons. The molecule has 1 fully saturated rings. The van der Waals surface area contributed by atoms with Crippen molar-refractivity contribution in [3.63, 3.8) is 0 Å². The number of hydrogen-bond acceptors (Lipinski definition) is 4. The van der Waals surface area contributed by atoms with Gasteiger partial charge in [-0.3, -0.25) is 4.79 Å². The van der Waals surface area contributed by atoms with Crippen molar-refractivity contribution in [1.82, 2.24) is 4.90 Å². The topological polar surface area (TPSA) is 66.5 Å². The number of rotatable bonds is 2. The van der Waals surface area contributed by atoms with E-state index < -0.39 is 9.84 Å². The predicted octanol–water partition coefficient (Wildman–Crippen LogP) is 1.23. The Labute approximate surface area is 125 Å². The van der Waals surface area contributed by atoms with Gasteiger partial charge in [0.25, 0.3) is 0 Å². The molecule has 0 spiro atoms. The average molecular weight is 308 g/mol. The summed E-state index contributed by atoms with van der Waals surface area (Å²) in [7, 11) is -1.24. The Hall–Kier alpha value is -1.56. The van der Waals surface area contributed by atoms with E-state index in [9.17, 15) is 13.2 Å². The summed E-state index contributed by atoms with van der Waals surface area (Å²) in [6.07, 6.45) is 1.30. The first-order chi connectivity index (χ1) is 9.98. The number of nitrogens with one attached hydrogen (secondary N) is 1. The number of fused-ring (bicyclic) bond motifs is 1. The summed E-state index contributed by atoms with van der Waals surface area (Å²) in [6.45, 7) is 0.768. The molecule has 0 aromatic heterocycles. The Balaban J connectivity index is 1.80. The highest BCUT2D eigenvalue weighted by molar-refractivity contribution is 7.91. The predicted molar refractivity (Wildman–Crippen MR) is 82.1 cm³/mol. The quantitative estimate of drug-likeness (QED) is 0.892. The highest BCUT2D eigenvalue weighted by Gasteiger charge is 2.36. The second-order valence-electron chi connectivity index (χ2n) is 5.86. The molecular weight excluding hydrogens is 288 g/mol. The van der Waals surface area contributed by atoms with Crippen molar-refractivity contribution in [3.05, 3.63) is 29.8 Å². The second kappa shape index (κ2) is 5.33. The molecule has 114 valence electrons. The molecule has 0 saturated carbocycles. The smallest absolute Gasteiger partial charge is 0.230 e. The molecule has 1 saturated heterocycles. The lowest BCUT2D eigenvalue weighted by molar-refractivity contribution is -0.133. The minimum absolute atomic E-state index is 0.0334. The Morgan fingerprint density at radius 2 is 2.05 bits per heavy atom. The minimum Gasteiger partial charge on any atom is -0.385 e. The van der Waals surface area contributed by atoms with Crippen molar-refractivity contribution in [1.29, 1.82) is 0 Å². The molecule has 6 heteroatoms. The summed E-state index contributed by atoms with van der Waals surface area (Å²) in [5, 5.41) is 3.30. The first-order valence-electron chi connectivity index (χ1n) is 7.28. The van der Waals surface area contributed by atoms with E-state index >= 15 is 0 Å². The van der Waals surface area contributed by atoms with Gasteiger partial charge >= 0.3 is 0 Å². The maximum Gasteiger partial charge on any atom is 0.230 e. The van der Waals surface area contributed by atoms with Crippen LogP contribution in [-0.4, -0.2) is 50.4 Å². The molecule has 1 aromatic carbocycles. The van der Waals surface area contributed by atoms with Gasteiger partial charge in [0.1, 0.15) is 0 Å². The monoisotopic (exact) mass is 308 g/mol. The summed E-state index contributed by atoms with van der Waals surface area (Å²) in [5.41, 5.74) is 2.02. The van der Waals surface area contributed by atoms with Crippen LogP contribution in [0.15, 0.2) is 24.3 Å². The number of benzene rings is 1. The van der Waals surface area contributed by atoms with E-state index in [-0.39, 0.29) is 29.4 Å². The average Bonchev–Trinajstić information content (AvgIpc) is 2.85. The summed E-state index contributed by atoms with van der Waals surface area (Å²) < 4.78 is 23.2. The Bertz CT molecular complexity index is 657. The van der Waals surface area contributed by atoms with Crippen LogP contribution in [0.3, 0.4) is 0 Å². The molecule has 1 N–H and O–H groups in total. The molecule has 1 aromatic rings. The SMILES string of the molecule is CN(C(=O)C1CCNc2ccccc21)C1CCS(=O)(=O)C1. The van der Waals surface area contributed by atoms with Crippen molar-refractivity contribution in [2.75, 3.05) is 30.4 Å². The summed E-state index contributed by atoms with van der Waals surface area (Å²) in [4.78, 5) is 14.4.